The highest BCUT2D eigenvalue weighted by Gasteiger charge is 2.24. The number of hydrogen-bond donors (Lipinski definition) is 3. The van der Waals surface area contributed by atoms with Crippen molar-refractivity contribution in [3.8, 4) is 11.5 Å². The maximum absolute atomic E-state index is 12.3. The fraction of sp³-hybridized carbons (Fsp3) is 0.462. The molecule has 0 amide bonds. The molecule has 0 spiro atoms. The molecule has 2 rings (SSSR count). The number of esters is 1. The van der Waals surface area contributed by atoms with Crippen LogP contribution in [-0.2, 0) is 22.5 Å². The van der Waals surface area contributed by atoms with E-state index in [4.69, 9.17) is 21.7 Å². The zero-order chi connectivity index (χ0) is 25.5. The Balaban J connectivity index is 2.03. The minimum absolute atomic E-state index is 0.100. The zero-order valence-corrected chi connectivity index (χ0v) is 23.7. The molecule has 3 N–H and O–H groups in total. The van der Waals surface area contributed by atoms with Crippen LogP contribution in [0.15, 0.2) is 30.3 Å². The van der Waals surface area contributed by atoms with Gasteiger partial charge in [0.15, 0.2) is 16.6 Å². The summed E-state index contributed by atoms with van der Waals surface area (Å²) in [5, 5.41) is 16.9. The number of phenolic OH excluding ortho intramolecular Hbond substituents is 1. The van der Waals surface area contributed by atoms with Crippen molar-refractivity contribution < 1.29 is 19.4 Å². The van der Waals surface area contributed by atoms with Gasteiger partial charge in [-0.3, -0.25) is 4.79 Å². The van der Waals surface area contributed by atoms with Crippen LogP contribution in [0.4, 0.5) is 0 Å². The second-order valence-electron chi connectivity index (χ2n) is 9.45. The molecule has 0 saturated carbocycles. The SMILES string of the molecule is COc1cc(CNC(=S)NC(CCc2ccc(C)c(C)c2)COC(=O)C(C)(C)C)c(I)cc1O. The second kappa shape index (κ2) is 12.6. The third-order valence-electron chi connectivity index (χ3n) is 5.50. The van der Waals surface area contributed by atoms with E-state index in [9.17, 15) is 9.90 Å². The van der Waals surface area contributed by atoms with Gasteiger partial charge in [0.05, 0.1) is 18.6 Å². The van der Waals surface area contributed by atoms with Crippen LogP contribution in [0.25, 0.3) is 0 Å². The quantitative estimate of drug-likeness (QED) is 0.209. The van der Waals surface area contributed by atoms with E-state index in [1.54, 1.807) is 12.1 Å². The van der Waals surface area contributed by atoms with E-state index in [-0.39, 0.29) is 24.4 Å². The first-order valence-corrected chi connectivity index (χ1v) is 12.7. The van der Waals surface area contributed by atoms with Gasteiger partial charge in [-0.15, -0.1) is 0 Å². The highest BCUT2D eigenvalue weighted by molar-refractivity contribution is 14.1. The number of phenols is 1. The first kappa shape index (κ1) is 28.2. The molecule has 2 aromatic carbocycles. The van der Waals surface area contributed by atoms with Crippen LogP contribution in [-0.4, -0.2) is 35.9 Å². The van der Waals surface area contributed by atoms with Crippen LogP contribution in [0.5, 0.6) is 11.5 Å². The smallest absolute Gasteiger partial charge is 0.311 e. The largest absolute Gasteiger partial charge is 0.504 e. The topological polar surface area (TPSA) is 79.8 Å². The predicted molar refractivity (Wildman–Crippen MR) is 148 cm³/mol. The third-order valence-corrected chi connectivity index (χ3v) is 6.77. The van der Waals surface area contributed by atoms with Crippen molar-refractivity contribution in [3.63, 3.8) is 0 Å². The molecule has 1 atom stereocenters. The lowest BCUT2D eigenvalue weighted by Gasteiger charge is -2.24. The minimum Gasteiger partial charge on any atom is -0.504 e. The summed E-state index contributed by atoms with van der Waals surface area (Å²) >= 11 is 7.70. The average molecular weight is 599 g/mol. The number of aryl methyl sites for hydroxylation is 3. The molecular weight excluding hydrogens is 563 g/mol. The zero-order valence-electron chi connectivity index (χ0n) is 20.8. The molecule has 1 unspecified atom stereocenters. The molecule has 0 aliphatic carbocycles. The van der Waals surface area contributed by atoms with Crippen molar-refractivity contribution in [2.75, 3.05) is 13.7 Å². The van der Waals surface area contributed by atoms with Crippen LogP contribution in [0.3, 0.4) is 0 Å². The van der Waals surface area contributed by atoms with Gasteiger partial charge >= 0.3 is 5.97 Å². The molecule has 0 radical (unpaired) electrons. The average Bonchev–Trinajstić information content (AvgIpc) is 2.76. The highest BCUT2D eigenvalue weighted by atomic mass is 127. The van der Waals surface area contributed by atoms with E-state index < -0.39 is 5.41 Å². The number of carbonyl (C=O) groups is 1. The summed E-state index contributed by atoms with van der Waals surface area (Å²) < 4.78 is 11.7. The number of thiocarbonyl (C=S) groups is 1. The fourth-order valence-corrected chi connectivity index (χ4v) is 4.07. The van der Waals surface area contributed by atoms with Crippen molar-refractivity contribution >= 4 is 45.9 Å². The van der Waals surface area contributed by atoms with Gasteiger partial charge in [-0.25, -0.2) is 0 Å². The number of ether oxygens (including phenoxy) is 2. The summed E-state index contributed by atoms with van der Waals surface area (Å²) in [4.78, 5) is 12.3. The molecule has 6 nitrogen and oxygen atoms in total. The molecule has 34 heavy (non-hydrogen) atoms. The standard InChI is InChI=1S/C26H35IN2O4S/c1-16-7-8-18(11-17(16)2)9-10-20(15-33-24(31)26(3,4)5)29-25(34)28-14-19-12-23(32-6)22(30)13-21(19)27/h7-8,11-13,20,30H,9-10,14-15H2,1-6H3,(H2,28,29,34). The summed E-state index contributed by atoms with van der Waals surface area (Å²) in [5.74, 6) is 0.273. The number of hydrogen-bond acceptors (Lipinski definition) is 5. The summed E-state index contributed by atoms with van der Waals surface area (Å²) in [6.45, 7) is 10.4. The maximum Gasteiger partial charge on any atom is 0.311 e. The number of benzene rings is 2. The number of rotatable bonds is 9. The van der Waals surface area contributed by atoms with Crippen molar-refractivity contribution in [3.05, 3.63) is 56.2 Å². The Labute approximate surface area is 222 Å². The Bertz CT molecular complexity index is 1020. The molecule has 0 aliphatic heterocycles. The molecule has 0 bridgehead atoms. The second-order valence-corrected chi connectivity index (χ2v) is 11.0. The number of carbonyl (C=O) groups excluding carboxylic acids is 1. The number of methoxy groups -OCH3 is 1. The third kappa shape index (κ3) is 8.61. The van der Waals surface area contributed by atoms with E-state index >= 15 is 0 Å². The van der Waals surface area contributed by atoms with Gasteiger partial charge in [0.1, 0.15) is 6.61 Å². The molecule has 186 valence electrons. The van der Waals surface area contributed by atoms with Crippen LogP contribution in [0.2, 0.25) is 0 Å². The summed E-state index contributed by atoms with van der Waals surface area (Å²) in [6.07, 6.45) is 1.59. The molecule has 8 heteroatoms. The van der Waals surface area contributed by atoms with Crippen LogP contribution < -0.4 is 15.4 Å². The number of nitrogens with one attached hydrogen (secondary N) is 2. The molecule has 0 aromatic heterocycles. The maximum atomic E-state index is 12.3. The van der Waals surface area contributed by atoms with Crippen molar-refractivity contribution in [1.82, 2.24) is 10.6 Å². The predicted octanol–water partition coefficient (Wildman–Crippen LogP) is 5.18. The number of aromatic hydroxyl groups is 1. The fourth-order valence-electron chi connectivity index (χ4n) is 3.19. The van der Waals surface area contributed by atoms with Gasteiger partial charge in [0, 0.05) is 10.1 Å². The first-order chi connectivity index (χ1) is 15.9. The van der Waals surface area contributed by atoms with Crippen LogP contribution in [0, 0.1) is 22.8 Å². The van der Waals surface area contributed by atoms with Gasteiger partial charge in [0.2, 0.25) is 0 Å². The van der Waals surface area contributed by atoms with Gasteiger partial charge in [-0.2, -0.15) is 0 Å². The molecular formula is C26H35IN2O4S. The Morgan fingerprint density at radius 2 is 1.88 bits per heavy atom. The van der Waals surface area contributed by atoms with E-state index in [1.807, 2.05) is 20.8 Å². The van der Waals surface area contributed by atoms with Crippen LogP contribution in [0.1, 0.15) is 49.4 Å². The lowest BCUT2D eigenvalue weighted by atomic mass is 9.97. The minimum atomic E-state index is -0.564. The molecule has 0 heterocycles. The van der Waals surface area contributed by atoms with Crippen LogP contribution >= 0.6 is 34.8 Å². The summed E-state index contributed by atoms with van der Waals surface area (Å²) in [6, 6.07) is 9.77. The van der Waals surface area contributed by atoms with Crippen molar-refractivity contribution in [2.24, 2.45) is 5.41 Å². The Morgan fingerprint density at radius 3 is 2.50 bits per heavy atom. The summed E-state index contributed by atoms with van der Waals surface area (Å²) in [7, 11) is 1.52. The van der Waals surface area contributed by atoms with Gasteiger partial charge in [0.25, 0.3) is 0 Å². The monoisotopic (exact) mass is 598 g/mol. The highest BCUT2D eigenvalue weighted by Crippen LogP contribution is 2.30. The lowest BCUT2D eigenvalue weighted by Crippen LogP contribution is -2.45. The van der Waals surface area contributed by atoms with Crippen molar-refractivity contribution in [1.29, 1.82) is 0 Å². The molecule has 2 aromatic rings. The van der Waals surface area contributed by atoms with E-state index in [0.29, 0.717) is 17.4 Å². The molecule has 0 saturated heterocycles. The normalized spacial score (nSPS) is 12.1. The van der Waals surface area contributed by atoms with Gasteiger partial charge in [-0.1, -0.05) is 18.2 Å². The summed E-state index contributed by atoms with van der Waals surface area (Å²) in [5.41, 5.74) is 4.15. The lowest BCUT2D eigenvalue weighted by molar-refractivity contribution is -0.153. The van der Waals surface area contributed by atoms with E-state index in [2.05, 4.69) is 65.3 Å². The number of halogens is 1. The van der Waals surface area contributed by atoms with Gasteiger partial charge in [-0.05, 0) is 117 Å². The molecule has 0 fully saturated rings. The first-order valence-electron chi connectivity index (χ1n) is 11.2. The Morgan fingerprint density at radius 1 is 1.18 bits per heavy atom. The Kier molecular flexibility index (Phi) is 10.4. The Hall–Kier alpha value is -2.07. The van der Waals surface area contributed by atoms with Gasteiger partial charge < -0.3 is 25.2 Å². The van der Waals surface area contributed by atoms with Crippen molar-refractivity contribution in [2.45, 2.75) is 60.0 Å². The van der Waals surface area contributed by atoms with E-state index in [0.717, 1.165) is 22.0 Å². The van der Waals surface area contributed by atoms with E-state index in [1.165, 1.54) is 23.8 Å². The molecule has 0 aliphatic rings.